The average Bonchev–Trinajstić information content (AvgIpc) is 3.80. The lowest BCUT2D eigenvalue weighted by molar-refractivity contribution is 0.102. The van der Waals surface area contributed by atoms with E-state index >= 15 is 0 Å². The van der Waals surface area contributed by atoms with Crippen LogP contribution in [0.1, 0.15) is 65.8 Å². The Labute approximate surface area is 239 Å². The second-order valence-electron chi connectivity index (χ2n) is 11.4. The molecule has 12 heteroatoms. The van der Waals surface area contributed by atoms with Crippen molar-refractivity contribution in [3.05, 3.63) is 65.2 Å². The van der Waals surface area contributed by atoms with Gasteiger partial charge in [0.2, 0.25) is 10.0 Å². The minimum atomic E-state index is -3.57. The summed E-state index contributed by atoms with van der Waals surface area (Å²) in [6.45, 7) is 4.05. The quantitative estimate of drug-likeness (QED) is 0.299. The summed E-state index contributed by atoms with van der Waals surface area (Å²) in [5.41, 5.74) is 4.98. The lowest BCUT2D eigenvalue weighted by Crippen LogP contribution is -2.17. The van der Waals surface area contributed by atoms with Gasteiger partial charge < -0.3 is 14.6 Å². The SMILES string of the molecule is COc1c(NC(=O)c2ccc(C)c(-n3cc(-c4cn(C)c(C5CC5)n4)nn3)c2)cc(C2(C)CC2)cc1NS(C)(=O)=O. The number of benzene rings is 2. The number of nitrogens with one attached hydrogen (secondary N) is 2. The molecule has 2 saturated carbocycles. The summed E-state index contributed by atoms with van der Waals surface area (Å²) in [7, 11) is -0.135. The lowest BCUT2D eigenvalue weighted by Gasteiger charge is -2.19. The van der Waals surface area contributed by atoms with Crippen molar-refractivity contribution < 1.29 is 17.9 Å². The van der Waals surface area contributed by atoms with Gasteiger partial charge in [-0.1, -0.05) is 18.2 Å². The van der Waals surface area contributed by atoms with Crippen molar-refractivity contribution in [2.45, 2.75) is 50.9 Å². The highest BCUT2D eigenvalue weighted by Crippen LogP contribution is 2.51. The van der Waals surface area contributed by atoms with Crippen molar-refractivity contribution in [2.24, 2.45) is 7.05 Å². The Morgan fingerprint density at radius 3 is 2.49 bits per heavy atom. The van der Waals surface area contributed by atoms with Gasteiger partial charge in [0, 0.05) is 24.7 Å². The topological polar surface area (TPSA) is 133 Å². The first kappa shape index (κ1) is 27.0. The highest BCUT2D eigenvalue weighted by molar-refractivity contribution is 7.92. The van der Waals surface area contributed by atoms with E-state index in [0.29, 0.717) is 28.6 Å². The van der Waals surface area contributed by atoms with E-state index in [1.807, 2.05) is 43.1 Å². The third kappa shape index (κ3) is 5.43. The largest absolute Gasteiger partial charge is 0.492 e. The Hall–Kier alpha value is -4.19. The van der Waals surface area contributed by atoms with Gasteiger partial charge in [0.1, 0.15) is 17.2 Å². The van der Waals surface area contributed by atoms with Crippen molar-refractivity contribution >= 4 is 27.3 Å². The maximum atomic E-state index is 13.5. The zero-order chi connectivity index (χ0) is 29.1. The molecule has 2 aliphatic carbocycles. The third-order valence-corrected chi connectivity index (χ3v) is 8.45. The fourth-order valence-electron chi connectivity index (χ4n) is 5.06. The average molecular weight is 576 g/mol. The van der Waals surface area contributed by atoms with Crippen molar-refractivity contribution in [1.29, 1.82) is 0 Å². The second kappa shape index (κ2) is 9.72. The molecule has 2 heterocycles. The fourth-order valence-corrected chi connectivity index (χ4v) is 5.61. The smallest absolute Gasteiger partial charge is 0.255 e. The van der Waals surface area contributed by atoms with Crippen LogP contribution in [0.2, 0.25) is 0 Å². The number of nitrogens with zero attached hydrogens (tertiary/aromatic N) is 5. The van der Waals surface area contributed by atoms with E-state index in [0.717, 1.165) is 54.6 Å². The molecule has 11 nitrogen and oxygen atoms in total. The van der Waals surface area contributed by atoms with Crippen LogP contribution in [0.3, 0.4) is 0 Å². The van der Waals surface area contributed by atoms with Crippen LogP contribution in [-0.2, 0) is 22.5 Å². The Balaban J connectivity index is 1.30. The van der Waals surface area contributed by atoms with Crippen LogP contribution < -0.4 is 14.8 Å². The monoisotopic (exact) mass is 575 g/mol. The van der Waals surface area contributed by atoms with E-state index < -0.39 is 10.0 Å². The Kier molecular flexibility index (Phi) is 6.40. The highest BCUT2D eigenvalue weighted by atomic mass is 32.2. The van der Waals surface area contributed by atoms with Gasteiger partial charge in [-0.05, 0) is 73.4 Å². The summed E-state index contributed by atoms with van der Waals surface area (Å²) in [6.07, 6.45) is 9.15. The number of sulfonamides is 1. The molecule has 0 aliphatic heterocycles. The van der Waals surface area contributed by atoms with Crippen LogP contribution >= 0.6 is 0 Å². The number of hydrogen-bond acceptors (Lipinski definition) is 7. The molecule has 214 valence electrons. The van der Waals surface area contributed by atoms with Crippen molar-refractivity contribution in [2.75, 3.05) is 23.4 Å². The van der Waals surface area contributed by atoms with E-state index in [1.54, 1.807) is 22.9 Å². The number of imidazole rings is 1. The van der Waals surface area contributed by atoms with Crippen LogP contribution in [0.4, 0.5) is 11.4 Å². The van der Waals surface area contributed by atoms with E-state index in [-0.39, 0.29) is 22.8 Å². The normalized spacial score (nSPS) is 15.9. The molecule has 2 fully saturated rings. The third-order valence-electron chi connectivity index (χ3n) is 7.86. The predicted molar refractivity (Wildman–Crippen MR) is 156 cm³/mol. The van der Waals surface area contributed by atoms with E-state index in [2.05, 4.69) is 27.3 Å². The van der Waals surface area contributed by atoms with Crippen LogP contribution in [0, 0.1) is 6.92 Å². The molecule has 0 atom stereocenters. The molecule has 0 unspecified atom stereocenters. The molecule has 1 amide bonds. The number of rotatable bonds is 9. The molecule has 41 heavy (non-hydrogen) atoms. The van der Waals surface area contributed by atoms with Crippen LogP contribution in [0.5, 0.6) is 5.75 Å². The highest BCUT2D eigenvalue weighted by Gasteiger charge is 2.40. The van der Waals surface area contributed by atoms with Gasteiger partial charge in [0.15, 0.2) is 5.75 Å². The second-order valence-corrected chi connectivity index (χ2v) is 13.2. The zero-order valence-corrected chi connectivity index (χ0v) is 24.5. The van der Waals surface area contributed by atoms with Crippen LogP contribution in [-0.4, -0.2) is 52.2 Å². The maximum absolute atomic E-state index is 13.5. The van der Waals surface area contributed by atoms with Gasteiger partial charge in [0.25, 0.3) is 5.91 Å². The molecule has 0 bridgehead atoms. The molecule has 0 saturated heterocycles. The molecular formula is C29H33N7O4S. The molecule has 0 spiro atoms. The number of anilines is 2. The molecule has 2 aromatic heterocycles. The minimum Gasteiger partial charge on any atom is -0.492 e. The summed E-state index contributed by atoms with van der Waals surface area (Å²) >= 11 is 0. The Morgan fingerprint density at radius 2 is 1.83 bits per heavy atom. The molecule has 2 aliphatic rings. The molecule has 6 rings (SSSR count). The summed E-state index contributed by atoms with van der Waals surface area (Å²) in [5.74, 6) is 1.46. The molecule has 2 aromatic carbocycles. The standard InChI is InChI=1S/C29H33N7O4S/c1-17-6-7-19(12-25(17)36-16-24(32-34-36)23-15-35(3)27(30-23)18-8-9-18)28(37)31-21-13-20(29(2)10-11-29)14-22(26(21)40-4)33-41(5,38)39/h6-7,12-16,18,33H,8-11H2,1-5H3,(H,31,37). The first-order chi connectivity index (χ1) is 19.4. The molecule has 2 N–H and O–H groups in total. The van der Waals surface area contributed by atoms with Gasteiger partial charge in [-0.15, -0.1) is 5.10 Å². The van der Waals surface area contributed by atoms with Crippen LogP contribution in [0.15, 0.2) is 42.7 Å². The molecule has 4 aromatic rings. The van der Waals surface area contributed by atoms with Crippen molar-refractivity contribution in [3.63, 3.8) is 0 Å². The number of aryl methyl sites for hydroxylation is 2. The number of hydrogen-bond donors (Lipinski definition) is 2. The number of carbonyl (C=O) groups is 1. The first-order valence-electron chi connectivity index (χ1n) is 13.5. The first-order valence-corrected chi connectivity index (χ1v) is 15.4. The summed E-state index contributed by atoms with van der Waals surface area (Å²) < 4.78 is 35.9. The van der Waals surface area contributed by atoms with Gasteiger partial charge in [-0.25, -0.2) is 18.1 Å². The Bertz CT molecular complexity index is 1780. The van der Waals surface area contributed by atoms with Gasteiger partial charge >= 0.3 is 0 Å². The predicted octanol–water partition coefficient (Wildman–Crippen LogP) is 4.54. The van der Waals surface area contributed by atoms with Crippen molar-refractivity contribution in [1.82, 2.24) is 24.5 Å². The molecular weight excluding hydrogens is 542 g/mol. The molecule has 0 radical (unpaired) electrons. The van der Waals surface area contributed by atoms with Gasteiger partial charge in [-0.2, -0.15) is 0 Å². The van der Waals surface area contributed by atoms with E-state index in [1.165, 1.54) is 7.11 Å². The number of ether oxygens (including phenoxy) is 1. The minimum absolute atomic E-state index is 0.0749. The zero-order valence-electron chi connectivity index (χ0n) is 23.7. The number of methoxy groups -OCH3 is 1. The lowest BCUT2D eigenvalue weighted by atomic mass is 9.96. The number of aromatic nitrogens is 5. The van der Waals surface area contributed by atoms with Gasteiger partial charge in [0.05, 0.1) is 36.6 Å². The summed E-state index contributed by atoms with van der Waals surface area (Å²) in [4.78, 5) is 18.3. The van der Waals surface area contributed by atoms with Crippen LogP contribution in [0.25, 0.3) is 17.1 Å². The van der Waals surface area contributed by atoms with E-state index in [4.69, 9.17) is 9.72 Å². The van der Waals surface area contributed by atoms with Gasteiger partial charge in [-0.3, -0.25) is 9.52 Å². The maximum Gasteiger partial charge on any atom is 0.255 e. The fraction of sp³-hybridized carbons (Fsp3) is 0.379. The Morgan fingerprint density at radius 1 is 1.10 bits per heavy atom. The summed E-state index contributed by atoms with van der Waals surface area (Å²) in [6, 6.07) is 8.99. The number of amides is 1. The van der Waals surface area contributed by atoms with Crippen molar-refractivity contribution in [3.8, 4) is 22.8 Å². The van der Waals surface area contributed by atoms with E-state index in [9.17, 15) is 13.2 Å². The number of carbonyl (C=O) groups excluding carboxylic acids is 1. The summed E-state index contributed by atoms with van der Waals surface area (Å²) in [5, 5.41) is 11.6.